The summed E-state index contributed by atoms with van der Waals surface area (Å²) in [4.78, 5) is 72.1. The van der Waals surface area contributed by atoms with Gasteiger partial charge in [0.05, 0.1) is 19.1 Å². The first-order chi connectivity index (χ1) is 20.5. The molecular weight excluding hydrogens is 568 g/mol. The van der Waals surface area contributed by atoms with E-state index in [1.54, 1.807) is 75.2 Å². The first-order valence-electron chi connectivity index (χ1n) is 14.5. The lowest BCUT2D eigenvalue weighted by Crippen LogP contribution is -2.63. The molecule has 0 spiro atoms. The number of alkyl carbamates (subject to hydrolysis) is 1. The largest absolute Gasteiger partial charge is 0.467 e. The van der Waals surface area contributed by atoms with Crippen molar-refractivity contribution >= 4 is 29.8 Å². The molecule has 0 bridgehead atoms. The Kier molecular flexibility index (Phi) is 10.4. The van der Waals surface area contributed by atoms with Crippen molar-refractivity contribution in [3.63, 3.8) is 0 Å². The average molecular weight is 613 g/mol. The maximum absolute atomic E-state index is 13.8. The van der Waals surface area contributed by atoms with Gasteiger partial charge in [-0.3, -0.25) is 14.4 Å². The number of methoxy groups -OCH3 is 1. The minimum atomic E-state index is -1.52. The van der Waals surface area contributed by atoms with Gasteiger partial charge in [-0.25, -0.2) is 14.6 Å². The third-order valence-electron chi connectivity index (χ3n) is 7.31. The molecule has 13 nitrogen and oxygen atoms in total. The molecule has 1 aromatic heterocycles. The Bertz CT molecular complexity index is 1370. The molecule has 1 aromatic carbocycles. The van der Waals surface area contributed by atoms with E-state index in [1.807, 2.05) is 0 Å². The second-order valence-electron chi connectivity index (χ2n) is 12.7. The summed E-state index contributed by atoms with van der Waals surface area (Å²) in [6, 6.07) is 6.71. The molecule has 0 aliphatic carbocycles. The number of carbonyl (C=O) groups excluding carboxylic acids is 5. The highest BCUT2D eigenvalue weighted by Crippen LogP contribution is 2.25. The highest BCUT2D eigenvalue weighted by atomic mass is 16.6. The molecule has 3 rings (SSSR count). The molecule has 2 heterocycles. The highest BCUT2D eigenvalue weighted by Gasteiger charge is 2.44. The molecule has 0 saturated carbocycles. The Morgan fingerprint density at radius 1 is 1.02 bits per heavy atom. The van der Waals surface area contributed by atoms with Crippen LogP contribution in [0.3, 0.4) is 0 Å². The summed E-state index contributed by atoms with van der Waals surface area (Å²) in [7, 11) is 3.02. The van der Waals surface area contributed by atoms with Crippen molar-refractivity contribution < 1.29 is 33.4 Å². The first kappa shape index (κ1) is 34.1. The van der Waals surface area contributed by atoms with Crippen molar-refractivity contribution in [1.82, 2.24) is 30.4 Å². The van der Waals surface area contributed by atoms with Gasteiger partial charge in [0.2, 0.25) is 17.7 Å². The average Bonchev–Trinajstić information content (AvgIpc) is 3.60. The number of imidazole rings is 1. The van der Waals surface area contributed by atoms with Gasteiger partial charge in [0, 0.05) is 26.2 Å². The van der Waals surface area contributed by atoms with Crippen LogP contribution in [-0.2, 0) is 47.7 Å². The minimum absolute atomic E-state index is 0.0866. The van der Waals surface area contributed by atoms with Gasteiger partial charge in [0.25, 0.3) is 0 Å². The highest BCUT2D eigenvalue weighted by molar-refractivity contribution is 5.97. The van der Waals surface area contributed by atoms with E-state index in [1.165, 1.54) is 32.8 Å². The summed E-state index contributed by atoms with van der Waals surface area (Å²) >= 11 is 0. The van der Waals surface area contributed by atoms with Crippen LogP contribution in [0.15, 0.2) is 42.9 Å². The van der Waals surface area contributed by atoms with Crippen LogP contribution in [0.4, 0.5) is 4.79 Å². The van der Waals surface area contributed by atoms with Crippen LogP contribution in [-0.4, -0.2) is 81.1 Å². The number of likely N-dealkylation sites (tertiary alicyclic amines) is 1. The van der Waals surface area contributed by atoms with Gasteiger partial charge in [-0.2, -0.15) is 0 Å². The molecule has 2 aromatic rings. The molecule has 44 heavy (non-hydrogen) atoms. The monoisotopic (exact) mass is 612 g/mol. The topological polar surface area (TPSA) is 161 Å². The maximum atomic E-state index is 13.8. The zero-order chi connectivity index (χ0) is 32.9. The van der Waals surface area contributed by atoms with E-state index in [-0.39, 0.29) is 13.0 Å². The Hall–Kier alpha value is -4.42. The van der Waals surface area contributed by atoms with E-state index in [4.69, 9.17) is 9.47 Å². The van der Waals surface area contributed by atoms with Crippen molar-refractivity contribution in [2.75, 3.05) is 13.7 Å². The first-order valence-corrected chi connectivity index (χ1v) is 14.5. The van der Waals surface area contributed by atoms with E-state index in [0.717, 1.165) is 0 Å². The number of aromatic nitrogens is 2. The third kappa shape index (κ3) is 8.35. The number of nitrogens with one attached hydrogen (secondary N) is 3. The molecule has 1 aliphatic heterocycles. The van der Waals surface area contributed by atoms with E-state index in [0.29, 0.717) is 24.1 Å². The van der Waals surface area contributed by atoms with Crippen molar-refractivity contribution in [3.05, 3.63) is 54.1 Å². The van der Waals surface area contributed by atoms with Crippen molar-refractivity contribution in [2.24, 2.45) is 7.05 Å². The number of rotatable bonds is 10. The molecule has 0 radical (unpaired) electrons. The van der Waals surface area contributed by atoms with E-state index in [9.17, 15) is 24.0 Å². The number of hydrogen-bond acceptors (Lipinski definition) is 8. The number of carbonyl (C=O) groups is 5. The van der Waals surface area contributed by atoms with Gasteiger partial charge in [0.15, 0.2) is 5.54 Å². The van der Waals surface area contributed by atoms with Crippen LogP contribution < -0.4 is 16.0 Å². The van der Waals surface area contributed by atoms with E-state index in [2.05, 4.69) is 20.9 Å². The minimum Gasteiger partial charge on any atom is -0.467 e. The van der Waals surface area contributed by atoms with Crippen molar-refractivity contribution in [3.8, 4) is 0 Å². The fourth-order valence-electron chi connectivity index (χ4n) is 4.98. The molecule has 0 unspecified atom stereocenters. The molecular formula is C31H44N6O7. The Morgan fingerprint density at radius 3 is 2.25 bits per heavy atom. The van der Waals surface area contributed by atoms with Gasteiger partial charge in [-0.05, 0) is 59.9 Å². The predicted octanol–water partition coefficient (Wildman–Crippen LogP) is 1.95. The molecule has 3 atom stereocenters. The summed E-state index contributed by atoms with van der Waals surface area (Å²) in [5, 5.41) is 8.14. The molecule has 1 saturated heterocycles. The van der Waals surface area contributed by atoms with E-state index >= 15 is 0 Å². The summed E-state index contributed by atoms with van der Waals surface area (Å²) in [6.07, 6.45) is 3.56. The quantitative estimate of drug-likeness (QED) is 0.343. The van der Waals surface area contributed by atoms with Gasteiger partial charge in [-0.1, -0.05) is 30.3 Å². The maximum Gasteiger partial charge on any atom is 0.408 e. The fourth-order valence-corrected chi connectivity index (χ4v) is 4.98. The number of esters is 1. The number of aryl methyl sites for hydroxylation is 1. The number of nitrogens with zero attached hydrogens (tertiary/aromatic N) is 3. The predicted molar refractivity (Wildman–Crippen MR) is 161 cm³/mol. The Balaban J connectivity index is 1.78. The lowest BCUT2D eigenvalue weighted by molar-refractivity contribution is -0.152. The lowest BCUT2D eigenvalue weighted by Gasteiger charge is -2.35. The molecule has 3 N–H and O–H groups in total. The van der Waals surface area contributed by atoms with Gasteiger partial charge in [0.1, 0.15) is 23.2 Å². The van der Waals surface area contributed by atoms with Crippen LogP contribution in [0, 0.1) is 0 Å². The van der Waals surface area contributed by atoms with Crippen LogP contribution in [0.5, 0.6) is 0 Å². The smallest absolute Gasteiger partial charge is 0.408 e. The van der Waals surface area contributed by atoms with Crippen LogP contribution in [0.2, 0.25) is 0 Å². The summed E-state index contributed by atoms with van der Waals surface area (Å²) in [5.74, 6) is -2.31. The number of hydrogen-bond donors (Lipinski definition) is 3. The Morgan fingerprint density at radius 2 is 1.68 bits per heavy atom. The van der Waals surface area contributed by atoms with Gasteiger partial charge >= 0.3 is 12.1 Å². The normalized spacial score (nSPS) is 17.2. The summed E-state index contributed by atoms with van der Waals surface area (Å²) in [5.41, 5.74) is -2.69. The number of amides is 4. The third-order valence-corrected chi connectivity index (χ3v) is 7.31. The number of benzene rings is 1. The van der Waals surface area contributed by atoms with E-state index < -0.39 is 58.5 Å². The molecule has 1 aliphatic rings. The van der Waals surface area contributed by atoms with Crippen molar-refractivity contribution in [1.29, 1.82) is 0 Å². The summed E-state index contributed by atoms with van der Waals surface area (Å²) < 4.78 is 12.1. The number of ether oxygens (including phenoxy) is 2. The molecule has 4 amide bonds. The molecule has 13 heteroatoms. The lowest BCUT2D eigenvalue weighted by atomic mass is 9.90. The van der Waals surface area contributed by atoms with Gasteiger partial charge < -0.3 is 34.9 Å². The second-order valence-corrected chi connectivity index (χ2v) is 12.7. The fraction of sp³-hybridized carbons (Fsp3) is 0.548. The zero-order valence-electron chi connectivity index (χ0n) is 26.7. The zero-order valence-corrected chi connectivity index (χ0v) is 26.7. The summed E-state index contributed by atoms with van der Waals surface area (Å²) in [6.45, 7) is 9.99. The van der Waals surface area contributed by atoms with Crippen LogP contribution in [0.25, 0.3) is 0 Å². The Labute approximate surface area is 258 Å². The van der Waals surface area contributed by atoms with Crippen molar-refractivity contribution in [2.45, 2.75) is 89.6 Å². The van der Waals surface area contributed by atoms with Crippen LogP contribution in [0.1, 0.15) is 65.6 Å². The molecule has 240 valence electrons. The second kappa shape index (κ2) is 13.5. The SMILES string of the molecule is COC(=O)[C@@](C)(NC(=O)C(C)(C)NC(=O)[C@H]1CCCN1C(=O)[C@H](Cc1cn(C)cn1)NC(=O)OC(C)(C)C)c1ccccc1. The standard InChI is InChI=1S/C31H44N6O7/c1-29(2,3)44-28(42)33-22(17-21-18-36(7)19-32-21)25(39)37-16-12-15-23(37)24(38)34-30(4,5)26(40)35-31(6,27(41)43-8)20-13-10-9-11-14-20/h9-11,13-14,18-19,22-23H,12,15-17H2,1-8H3,(H,33,42)(H,34,38)(H,35,40)/t22-,23+,31-/m0/s1. The van der Waals surface area contributed by atoms with Gasteiger partial charge in [-0.15, -0.1) is 0 Å². The molecule has 1 fully saturated rings. The van der Waals surface area contributed by atoms with Crippen LogP contribution >= 0.6 is 0 Å².